The summed E-state index contributed by atoms with van der Waals surface area (Å²) in [4.78, 5) is 15.2. The van der Waals surface area contributed by atoms with E-state index in [9.17, 15) is 0 Å². The molecule has 4 heteroatoms. The predicted octanol–water partition coefficient (Wildman–Crippen LogP) is 11.3. The van der Waals surface area contributed by atoms with Gasteiger partial charge in [-0.15, -0.1) is 0 Å². The lowest BCUT2D eigenvalue weighted by Gasteiger charge is -2.13. The molecule has 0 bridgehead atoms. The van der Waals surface area contributed by atoms with E-state index in [2.05, 4.69) is 109 Å². The molecule has 47 heavy (non-hydrogen) atoms. The summed E-state index contributed by atoms with van der Waals surface area (Å²) in [5, 5.41) is 4.49. The maximum Gasteiger partial charge on any atom is 0.164 e. The van der Waals surface area contributed by atoms with E-state index in [1.807, 2.05) is 54.6 Å². The van der Waals surface area contributed by atoms with Gasteiger partial charge in [-0.05, 0) is 63.4 Å². The zero-order valence-corrected chi connectivity index (χ0v) is 25.3. The van der Waals surface area contributed by atoms with E-state index in [0.717, 1.165) is 60.5 Å². The number of furan rings is 1. The number of nitrogens with zero attached hydrogens (tertiary/aromatic N) is 3. The average Bonchev–Trinajstić information content (AvgIpc) is 3.53. The molecule has 9 aromatic rings. The Bertz CT molecular complexity index is 2570. The molecule has 0 saturated heterocycles. The van der Waals surface area contributed by atoms with Crippen LogP contribution in [0.4, 0.5) is 0 Å². The van der Waals surface area contributed by atoms with Crippen LogP contribution in [-0.2, 0) is 0 Å². The fraction of sp³-hybridized carbons (Fsp3) is 0. The van der Waals surface area contributed by atoms with Gasteiger partial charge < -0.3 is 4.42 Å². The summed E-state index contributed by atoms with van der Waals surface area (Å²) in [5.74, 6) is 1.89. The van der Waals surface area contributed by atoms with Crippen molar-refractivity contribution in [3.63, 3.8) is 0 Å². The molecule has 4 nitrogen and oxygen atoms in total. The highest BCUT2D eigenvalue weighted by molar-refractivity contribution is 6.06. The normalized spacial score (nSPS) is 11.4. The van der Waals surface area contributed by atoms with Crippen LogP contribution in [0.25, 0.3) is 89.1 Å². The van der Waals surface area contributed by atoms with Crippen LogP contribution in [-0.4, -0.2) is 15.0 Å². The van der Waals surface area contributed by atoms with Gasteiger partial charge in [0.25, 0.3) is 0 Å². The molecule has 0 amide bonds. The minimum atomic E-state index is 0.622. The molecular weight excluding hydrogens is 574 g/mol. The number of hydrogen-bond acceptors (Lipinski definition) is 4. The number of rotatable bonds is 5. The molecule has 2 aromatic heterocycles. The SMILES string of the molecule is c1ccc(-c2nc(-c3cccc(-c4ccc5c(c4)oc4ccccc45)c3)nc(-c3ccc(-c4ccccc4)c4ccccc34)n2)cc1. The first-order valence-electron chi connectivity index (χ1n) is 15.7. The molecule has 0 fully saturated rings. The lowest BCUT2D eigenvalue weighted by molar-refractivity contribution is 0.669. The second-order valence-corrected chi connectivity index (χ2v) is 11.6. The smallest absolute Gasteiger partial charge is 0.164 e. The predicted molar refractivity (Wildman–Crippen MR) is 192 cm³/mol. The van der Waals surface area contributed by atoms with E-state index in [1.54, 1.807) is 0 Å². The zero-order valence-electron chi connectivity index (χ0n) is 25.3. The van der Waals surface area contributed by atoms with Crippen LogP contribution in [0.5, 0.6) is 0 Å². The van der Waals surface area contributed by atoms with Gasteiger partial charge >= 0.3 is 0 Å². The highest BCUT2D eigenvalue weighted by Crippen LogP contribution is 2.37. The van der Waals surface area contributed by atoms with Crippen LogP contribution in [0.15, 0.2) is 168 Å². The van der Waals surface area contributed by atoms with Crippen LogP contribution in [0, 0.1) is 0 Å². The topological polar surface area (TPSA) is 51.8 Å². The van der Waals surface area contributed by atoms with Gasteiger partial charge in [0.05, 0.1) is 0 Å². The fourth-order valence-electron chi connectivity index (χ4n) is 6.45. The Labute approximate surface area is 271 Å². The van der Waals surface area contributed by atoms with Crippen molar-refractivity contribution in [3.8, 4) is 56.4 Å². The van der Waals surface area contributed by atoms with Crippen molar-refractivity contribution in [2.45, 2.75) is 0 Å². The van der Waals surface area contributed by atoms with E-state index in [0.29, 0.717) is 17.5 Å². The molecule has 0 aliphatic heterocycles. The Kier molecular flexibility index (Phi) is 6.43. The van der Waals surface area contributed by atoms with Crippen molar-refractivity contribution in [2.75, 3.05) is 0 Å². The van der Waals surface area contributed by atoms with Gasteiger partial charge in [-0.3, -0.25) is 0 Å². The second kappa shape index (κ2) is 11.2. The van der Waals surface area contributed by atoms with Gasteiger partial charge in [-0.2, -0.15) is 0 Å². The number of hydrogen-bond donors (Lipinski definition) is 0. The van der Waals surface area contributed by atoms with Crippen LogP contribution in [0.3, 0.4) is 0 Å². The molecule has 0 aliphatic rings. The molecule has 7 aromatic carbocycles. The van der Waals surface area contributed by atoms with Crippen LogP contribution in [0.2, 0.25) is 0 Å². The maximum absolute atomic E-state index is 6.20. The zero-order chi connectivity index (χ0) is 31.2. The molecule has 0 spiro atoms. The van der Waals surface area contributed by atoms with E-state index < -0.39 is 0 Å². The lowest BCUT2D eigenvalue weighted by Crippen LogP contribution is -2.01. The Morgan fingerprint density at radius 3 is 1.62 bits per heavy atom. The molecule has 0 radical (unpaired) electrons. The summed E-state index contributed by atoms with van der Waals surface area (Å²) in [5.41, 5.74) is 9.06. The van der Waals surface area contributed by atoms with Crippen molar-refractivity contribution in [1.82, 2.24) is 15.0 Å². The Morgan fingerprint density at radius 2 is 0.830 bits per heavy atom. The van der Waals surface area contributed by atoms with Crippen molar-refractivity contribution in [3.05, 3.63) is 164 Å². The summed E-state index contributed by atoms with van der Waals surface area (Å²) in [7, 11) is 0. The van der Waals surface area contributed by atoms with Gasteiger partial charge in [0.15, 0.2) is 17.5 Å². The van der Waals surface area contributed by atoms with Gasteiger partial charge in [-0.25, -0.2) is 15.0 Å². The van der Waals surface area contributed by atoms with Gasteiger partial charge in [0.1, 0.15) is 11.2 Å². The number of aromatic nitrogens is 3. The fourth-order valence-corrected chi connectivity index (χ4v) is 6.45. The summed E-state index contributed by atoms with van der Waals surface area (Å²) in [6.45, 7) is 0. The monoisotopic (exact) mass is 601 g/mol. The third-order valence-corrected chi connectivity index (χ3v) is 8.75. The molecule has 0 atom stereocenters. The van der Waals surface area contributed by atoms with E-state index >= 15 is 0 Å². The Hall–Kier alpha value is -6.39. The van der Waals surface area contributed by atoms with E-state index in [4.69, 9.17) is 19.4 Å². The molecular formula is C43H27N3O. The summed E-state index contributed by atoms with van der Waals surface area (Å²) in [6, 6.07) is 56.3. The third-order valence-electron chi connectivity index (χ3n) is 8.75. The second-order valence-electron chi connectivity index (χ2n) is 11.6. The van der Waals surface area contributed by atoms with E-state index in [-0.39, 0.29) is 0 Å². The molecule has 220 valence electrons. The van der Waals surface area contributed by atoms with Crippen LogP contribution in [0.1, 0.15) is 0 Å². The quantitative estimate of drug-likeness (QED) is 0.197. The summed E-state index contributed by atoms with van der Waals surface area (Å²) in [6.07, 6.45) is 0. The molecule has 0 saturated carbocycles. The largest absolute Gasteiger partial charge is 0.456 e. The Balaban J connectivity index is 1.20. The van der Waals surface area contributed by atoms with Crippen molar-refractivity contribution < 1.29 is 4.42 Å². The van der Waals surface area contributed by atoms with Crippen LogP contribution < -0.4 is 0 Å². The van der Waals surface area contributed by atoms with Gasteiger partial charge in [0.2, 0.25) is 0 Å². The third kappa shape index (κ3) is 4.84. The summed E-state index contributed by atoms with van der Waals surface area (Å²) >= 11 is 0. The lowest BCUT2D eigenvalue weighted by atomic mass is 9.94. The molecule has 0 unspecified atom stereocenters. The first-order chi connectivity index (χ1) is 23.3. The maximum atomic E-state index is 6.20. The summed E-state index contributed by atoms with van der Waals surface area (Å²) < 4.78 is 6.20. The first kappa shape index (κ1) is 27.0. The van der Waals surface area contributed by atoms with Crippen molar-refractivity contribution >= 4 is 32.7 Å². The minimum Gasteiger partial charge on any atom is -0.456 e. The van der Waals surface area contributed by atoms with Gasteiger partial charge in [-0.1, -0.05) is 133 Å². The highest BCUT2D eigenvalue weighted by atomic mass is 16.3. The van der Waals surface area contributed by atoms with E-state index in [1.165, 1.54) is 11.1 Å². The first-order valence-corrected chi connectivity index (χ1v) is 15.7. The standard InChI is InChI=1S/C43H27N3O/c1-3-12-28(13-4-1)33-24-25-38(35-19-8-7-18-34(33)35)43-45-41(29-14-5-2-6-15-29)44-42(46-43)32-17-11-16-30(26-32)31-22-23-37-36-20-9-10-21-39(36)47-40(37)27-31/h1-27H. The minimum absolute atomic E-state index is 0.622. The molecule has 9 rings (SSSR count). The average molecular weight is 602 g/mol. The van der Waals surface area contributed by atoms with Gasteiger partial charge in [0, 0.05) is 27.5 Å². The number of fused-ring (bicyclic) bond motifs is 4. The highest BCUT2D eigenvalue weighted by Gasteiger charge is 2.17. The number of benzene rings is 7. The molecule has 0 N–H and O–H groups in total. The van der Waals surface area contributed by atoms with Crippen LogP contribution >= 0.6 is 0 Å². The van der Waals surface area contributed by atoms with Crippen molar-refractivity contribution in [2.24, 2.45) is 0 Å². The number of para-hydroxylation sites is 1. The molecule has 2 heterocycles. The Morgan fingerprint density at radius 1 is 0.298 bits per heavy atom. The van der Waals surface area contributed by atoms with Crippen molar-refractivity contribution in [1.29, 1.82) is 0 Å². The molecule has 0 aliphatic carbocycles.